The summed E-state index contributed by atoms with van der Waals surface area (Å²) in [7, 11) is 0. The fourth-order valence-electron chi connectivity index (χ4n) is 1.68. The number of phenolic OH excluding ortho intramolecular Hbond substituents is 1. The van der Waals surface area contributed by atoms with E-state index in [0.717, 1.165) is 0 Å². The topological polar surface area (TPSA) is 73.1 Å². The van der Waals surface area contributed by atoms with Crippen LogP contribution < -0.4 is 5.32 Å². The Bertz CT molecular complexity index is 672. The average molecular weight is 252 g/mol. The van der Waals surface area contributed by atoms with E-state index >= 15 is 0 Å². The van der Waals surface area contributed by atoms with Crippen LogP contribution in [0.2, 0.25) is 0 Å². The van der Waals surface area contributed by atoms with Gasteiger partial charge >= 0.3 is 0 Å². The Hall–Kier alpha value is -2.80. The van der Waals surface area contributed by atoms with Crippen molar-refractivity contribution in [3.63, 3.8) is 0 Å². The lowest BCUT2D eigenvalue weighted by molar-refractivity contribution is 0.102. The third-order valence-corrected chi connectivity index (χ3v) is 2.75. The van der Waals surface area contributed by atoms with Gasteiger partial charge in [0, 0.05) is 5.56 Å². The predicted molar refractivity (Wildman–Crippen MR) is 72.0 cm³/mol. The van der Waals surface area contributed by atoms with E-state index in [4.69, 9.17) is 5.26 Å². The zero-order chi connectivity index (χ0) is 13.8. The molecule has 0 unspecified atom stereocenters. The van der Waals surface area contributed by atoms with E-state index in [2.05, 4.69) is 5.32 Å². The van der Waals surface area contributed by atoms with Gasteiger partial charge in [-0.2, -0.15) is 5.26 Å². The van der Waals surface area contributed by atoms with Gasteiger partial charge in [0.2, 0.25) is 0 Å². The van der Waals surface area contributed by atoms with Gasteiger partial charge in [-0.3, -0.25) is 4.79 Å². The molecule has 0 aliphatic rings. The number of aromatic hydroxyl groups is 1. The van der Waals surface area contributed by atoms with Crippen molar-refractivity contribution in [3.8, 4) is 11.8 Å². The van der Waals surface area contributed by atoms with Crippen LogP contribution in [0.25, 0.3) is 0 Å². The Balaban J connectivity index is 2.26. The number of carbonyl (C=O) groups excluding carboxylic acids is 1. The predicted octanol–water partition coefficient (Wildman–Crippen LogP) is 2.82. The third kappa shape index (κ3) is 2.72. The molecule has 2 aromatic rings. The zero-order valence-corrected chi connectivity index (χ0v) is 10.3. The van der Waals surface area contributed by atoms with Crippen LogP contribution in [-0.4, -0.2) is 11.0 Å². The van der Waals surface area contributed by atoms with Gasteiger partial charge in [-0.05, 0) is 42.8 Å². The molecule has 0 radical (unpaired) electrons. The summed E-state index contributed by atoms with van der Waals surface area (Å²) in [6, 6.07) is 13.4. The van der Waals surface area contributed by atoms with E-state index in [1.807, 2.05) is 6.07 Å². The van der Waals surface area contributed by atoms with Crippen molar-refractivity contribution in [1.82, 2.24) is 0 Å². The second kappa shape index (κ2) is 5.23. The van der Waals surface area contributed by atoms with E-state index in [0.29, 0.717) is 22.4 Å². The number of phenols is 1. The van der Waals surface area contributed by atoms with E-state index in [1.165, 1.54) is 12.1 Å². The van der Waals surface area contributed by atoms with Crippen molar-refractivity contribution >= 4 is 11.6 Å². The van der Waals surface area contributed by atoms with Gasteiger partial charge in [-0.25, -0.2) is 0 Å². The number of carbonyl (C=O) groups is 1. The summed E-state index contributed by atoms with van der Waals surface area (Å²) in [5.41, 5.74) is 1.94. The van der Waals surface area contributed by atoms with Crippen molar-refractivity contribution in [2.45, 2.75) is 6.92 Å². The highest BCUT2D eigenvalue weighted by Crippen LogP contribution is 2.19. The van der Waals surface area contributed by atoms with Crippen LogP contribution in [-0.2, 0) is 0 Å². The first kappa shape index (κ1) is 12.7. The highest BCUT2D eigenvalue weighted by molar-refractivity contribution is 6.05. The number of hydrogen-bond acceptors (Lipinski definition) is 3. The minimum Gasteiger partial charge on any atom is -0.508 e. The van der Waals surface area contributed by atoms with Crippen molar-refractivity contribution in [2.24, 2.45) is 0 Å². The van der Waals surface area contributed by atoms with E-state index in [1.54, 1.807) is 37.3 Å². The first-order valence-electron chi connectivity index (χ1n) is 5.72. The van der Waals surface area contributed by atoms with Crippen LogP contribution in [0.15, 0.2) is 42.5 Å². The summed E-state index contributed by atoms with van der Waals surface area (Å²) < 4.78 is 0. The lowest BCUT2D eigenvalue weighted by Crippen LogP contribution is -2.12. The summed E-state index contributed by atoms with van der Waals surface area (Å²) in [6.45, 7) is 1.72. The number of hydrogen-bond donors (Lipinski definition) is 2. The van der Waals surface area contributed by atoms with E-state index < -0.39 is 0 Å². The van der Waals surface area contributed by atoms with E-state index in [9.17, 15) is 9.90 Å². The maximum Gasteiger partial charge on any atom is 0.255 e. The van der Waals surface area contributed by atoms with Gasteiger partial charge in [0.25, 0.3) is 5.91 Å². The second-order valence-corrected chi connectivity index (χ2v) is 4.11. The second-order valence-electron chi connectivity index (χ2n) is 4.11. The Morgan fingerprint density at radius 2 is 2.00 bits per heavy atom. The highest BCUT2D eigenvalue weighted by Gasteiger charge is 2.09. The SMILES string of the molecule is Cc1cc(C(=O)Nc2ccccc2C#N)ccc1O. The minimum atomic E-state index is -0.314. The Morgan fingerprint density at radius 1 is 1.26 bits per heavy atom. The molecule has 1 amide bonds. The first-order chi connectivity index (χ1) is 9.11. The van der Waals surface area contributed by atoms with Crippen LogP contribution >= 0.6 is 0 Å². The zero-order valence-electron chi connectivity index (χ0n) is 10.3. The van der Waals surface area contributed by atoms with Crippen LogP contribution in [0.5, 0.6) is 5.75 Å². The fraction of sp³-hybridized carbons (Fsp3) is 0.0667. The monoisotopic (exact) mass is 252 g/mol. The van der Waals surface area contributed by atoms with Crippen LogP contribution in [0.4, 0.5) is 5.69 Å². The maximum atomic E-state index is 12.0. The van der Waals surface area contributed by atoms with Crippen molar-refractivity contribution in [3.05, 3.63) is 59.2 Å². The number of benzene rings is 2. The molecule has 0 atom stereocenters. The van der Waals surface area contributed by atoms with Crippen molar-refractivity contribution < 1.29 is 9.90 Å². The number of para-hydroxylation sites is 1. The van der Waals surface area contributed by atoms with Gasteiger partial charge in [0.05, 0.1) is 11.3 Å². The molecule has 19 heavy (non-hydrogen) atoms. The quantitative estimate of drug-likeness (QED) is 0.863. The minimum absolute atomic E-state index is 0.147. The number of aryl methyl sites for hydroxylation is 1. The summed E-state index contributed by atoms with van der Waals surface area (Å²) in [5.74, 6) is -0.167. The molecule has 4 nitrogen and oxygen atoms in total. The van der Waals surface area contributed by atoms with Gasteiger partial charge in [0.15, 0.2) is 0 Å². The number of anilines is 1. The summed E-state index contributed by atoms with van der Waals surface area (Å²) in [6.07, 6.45) is 0. The smallest absolute Gasteiger partial charge is 0.255 e. The molecule has 0 aromatic heterocycles. The van der Waals surface area contributed by atoms with Crippen molar-refractivity contribution in [2.75, 3.05) is 5.32 Å². The molecular weight excluding hydrogens is 240 g/mol. The Labute approximate surface area is 110 Å². The molecule has 0 bridgehead atoms. The Morgan fingerprint density at radius 3 is 2.68 bits per heavy atom. The largest absolute Gasteiger partial charge is 0.508 e. The molecule has 0 spiro atoms. The molecule has 0 aliphatic heterocycles. The summed E-state index contributed by atoms with van der Waals surface area (Å²) >= 11 is 0. The number of amides is 1. The van der Waals surface area contributed by atoms with Gasteiger partial charge in [-0.15, -0.1) is 0 Å². The molecule has 94 valence electrons. The number of nitriles is 1. The van der Waals surface area contributed by atoms with Crippen molar-refractivity contribution in [1.29, 1.82) is 5.26 Å². The molecule has 2 aromatic carbocycles. The summed E-state index contributed by atoms with van der Waals surface area (Å²) in [5, 5.41) is 21.1. The van der Waals surface area contributed by atoms with Crippen LogP contribution in [0.3, 0.4) is 0 Å². The normalized spacial score (nSPS) is 9.68. The Kier molecular flexibility index (Phi) is 3.48. The molecule has 0 aliphatic carbocycles. The molecule has 0 saturated carbocycles. The summed E-state index contributed by atoms with van der Waals surface area (Å²) in [4.78, 5) is 12.0. The third-order valence-electron chi connectivity index (χ3n) is 2.75. The van der Waals surface area contributed by atoms with Gasteiger partial charge in [-0.1, -0.05) is 12.1 Å². The molecule has 2 N–H and O–H groups in total. The molecule has 0 fully saturated rings. The van der Waals surface area contributed by atoms with Crippen LogP contribution in [0.1, 0.15) is 21.5 Å². The molecular formula is C15H12N2O2. The standard InChI is InChI=1S/C15H12N2O2/c1-10-8-11(6-7-14(10)18)15(19)17-13-5-3-2-4-12(13)9-16/h2-8,18H,1H3,(H,17,19). The average Bonchev–Trinajstić information content (AvgIpc) is 2.42. The lowest BCUT2D eigenvalue weighted by atomic mass is 10.1. The highest BCUT2D eigenvalue weighted by atomic mass is 16.3. The number of nitrogens with one attached hydrogen (secondary N) is 1. The maximum absolute atomic E-state index is 12.0. The number of nitrogens with zero attached hydrogens (tertiary/aromatic N) is 1. The molecule has 2 rings (SSSR count). The first-order valence-corrected chi connectivity index (χ1v) is 5.72. The molecule has 4 heteroatoms. The molecule has 0 saturated heterocycles. The van der Waals surface area contributed by atoms with Gasteiger partial charge < -0.3 is 10.4 Å². The lowest BCUT2D eigenvalue weighted by Gasteiger charge is -2.07. The van der Waals surface area contributed by atoms with Gasteiger partial charge in [0.1, 0.15) is 11.8 Å². The van der Waals surface area contributed by atoms with Crippen LogP contribution in [0, 0.1) is 18.3 Å². The number of rotatable bonds is 2. The molecule has 0 heterocycles. The van der Waals surface area contributed by atoms with E-state index in [-0.39, 0.29) is 11.7 Å². The fourth-order valence-corrected chi connectivity index (χ4v) is 1.68.